The van der Waals surface area contributed by atoms with Crippen molar-refractivity contribution in [3.63, 3.8) is 0 Å². The zero-order valence-electron chi connectivity index (χ0n) is 20.0. The fraction of sp³-hybridized carbons (Fsp3) is 0.522. The van der Waals surface area contributed by atoms with Crippen molar-refractivity contribution in [1.82, 2.24) is 14.7 Å². The third-order valence-electron chi connectivity index (χ3n) is 4.75. The van der Waals surface area contributed by atoms with Gasteiger partial charge in [-0.3, -0.25) is 4.79 Å². The van der Waals surface area contributed by atoms with Gasteiger partial charge in [0.2, 0.25) is 5.91 Å². The first-order valence-corrected chi connectivity index (χ1v) is 11.3. The summed E-state index contributed by atoms with van der Waals surface area (Å²) in [4.78, 5) is 27.2. The highest BCUT2D eigenvalue weighted by Gasteiger charge is 2.27. The summed E-state index contributed by atoms with van der Waals surface area (Å²) in [6, 6.07) is 6.09. The van der Waals surface area contributed by atoms with Gasteiger partial charge in [0.15, 0.2) is 0 Å². The Morgan fingerprint density at radius 1 is 1.03 bits per heavy atom. The van der Waals surface area contributed by atoms with E-state index in [-0.39, 0.29) is 29.4 Å². The first kappa shape index (κ1) is 26.0. The van der Waals surface area contributed by atoms with Crippen molar-refractivity contribution >= 4 is 46.6 Å². The van der Waals surface area contributed by atoms with Crippen molar-refractivity contribution in [2.24, 2.45) is 0 Å². The lowest BCUT2D eigenvalue weighted by Crippen LogP contribution is -2.45. The lowest BCUT2D eigenvalue weighted by atomic mass is 9.92. The molecule has 9 heteroatoms. The van der Waals surface area contributed by atoms with Crippen LogP contribution in [-0.4, -0.2) is 39.2 Å². The number of carbonyl (C=O) groups is 2. The van der Waals surface area contributed by atoms with E-state index in [2.05, 4.69) is 31.4 Å². The number of nitrogens with zero attached hydrogens (tertiary/aromatic N) is 3. The molecule has 0 spiro atoms. The Morgan fingerprint density at radius 2 is 1.66 bits per heavy atom. The lowest BCUT2D eigenvalue weighted by molar-refractivity contribution is -0.117. The number of amides is 3. The van der Waals surface area contributed by atoms with Crippen LogP contribution in [-0.2, 0) is 15.7 Å². The lowest BCUT2D eigenvalue weighted by Gasteiger charge is -2.27. The van der Waals surface area contributed by atoms with Crippen LogP contribution in [0.5, 0.6) is 0 Å². The molecule has 1 aromatic heterocycles. The zero-order chi connectivity index (χ0) is 24.4. The molecule has 2 aromatic rings. The SMILES string of the molecule is CC(C)N(CC(=O)Nc1cc(C(C)(C)C)nn1C(C)(C)C)C(=O)Nc1ccc(Cl)c(Cl)c1. The number of anilines is 2. The van der Waals surface area contributed by atoms with E-state index >= 15 is 0 Å². The van der Waals surface area contributed by atoms with Gasteiger partial charge in [-0.1, -0.05) is 44.0 Å². The Kier molecular flexibility index (Phi) is 7.89. The summed E-state index contributed by atoms with van der Waals surface area (Å²) in [5.74, 6) is 0.287. The summed E-state index contributed by atoms with van der Waals surface area (Å²) < 4.78 is 1.81. The molecule has 0 radical (unpaired) electrons. The Labute approximate surface area is 200 Å². The van der Waals surface area contributed by atoms with Crippen LogP contribution in [0.3, 0.4) is 0 Å². The maximum atomic E-state index is 12.9. The molecule has 0 bridgehead atoms. The highest BCUT2D eigenvalue weighted by molar-refractivity contribution is 6.42. The topological polar surface area (TPSA) is 79.3 Å². The maximum absolute atomic E-state index is 12.9. The summed E-state index contributed by atoms with van der Waals surface area (Å²) in [6.45, 7) is 15.8. The number of carbonyl (C=O) groups excluding carboxylic acids is 2. The van der Waals surface area contributed by atoms with Crippen LogP contribution in [0.15, 0.2) is 24.3 Å². The van der Waals surface area contributed by atoms with Crippen molar-refractivity contribution < 1.29 is 9.59 Å². The number of halogens is 2. The van der Waals surface area contributed by atoms with Crippen LogP contribution < -0.4 is 10.6 Å². The van der Waals surface area contributed by atoms with Gasteiger partial charge in [0.1, 0.15) is 12.4 Å². The van der Waals surface area contributed by atoms with Gasteiger partial charge in [-0.2, -0.15) is 5.10 Å². The average molecular weight is 482 g/mol. The standard InChI is InChI=1S/C23H33Cl2N5O2/c1-14(2)29(21(32)26-15-9-10-16(24)17(25)11-15)13-20(31)27-19-12-18(22(3,4)5)28-30(19)23(6,7)8/h9-12,14H,13H2,1-8H3,(H,26,32)(H,27,31). The molecule has 2 N–H and O–H groups in total. The molecule has 1 aromatic carbocycles. The second kappa shape index (κ2) is 9.71. The molecule has 0 aliphatic heterocycles. The molecule has 7 nitrogen and oxygen atoms in total. The summed E-state index contributed by atoms with van der Waals surface area (Å²) >= 11 is 12.0. The number of benzene rings is 1. The van der Waals surface area contributed by atoms with Gasteiger partial charge < -0.3 is 15.5 Å². The van der Waals surface area contributed by atoms with Crippen LogP contribution in [0.1, 0.15) is 61.1 Å². The molecule has 0 aliphatic rings. The van der Waals surface area contributed by atoms with E-state index in [0.717, 1.165) is 5.69 Å². The minimum absolute atomic E-state index is 0.120. The molecule has 0 unspecified atom stereocenters. The number of hydrogen-bond acceptors (Lipinski definition) is 3. The number of aromatic nitrogens is 2. The number of rotatable bonds is 5. The van der Waals surface area contributed by atoms with Gasteiger partial charge >= 0.3 is 6.03 Å². The summed E-state index contributed by atoms with van der Waals surface area (Å²) in [5, 5.41) is 11.1. The maximum Gasteiger partial charge on any atom is 0.322 e. The quantitative estimate of drug-likeness (QED) is 0.539. The minimum Gasteiger partial charge on any atom is -0.313 e. The molecule has 1 heterocycles. The van der Waals surface area contributed by atoms with Crippen molar-refractivity contribution in [1.29, 1.82) is 0 Å². The molecule has 0 saturated carbocycles. The molecule has 0 atom stereocenters. The van der Waals surface area contributed by atoms with E-state index in [1.54, 1.807) is 22.9 Å². The zero-order valence-corrected chi connectivity index (χ0v) is 21.5. The van der Waals surface area contributed by atoms with E-state index in [1.165, 1.54) is 4.90 Å². The van der Waals surface area contributed by atoms with Crippen LogP contribution >= 0.6 is 23.2 Å². The molecule has 32 heavy (non-hydrogen) atoms. The van der Waals surface area contributed by atoms with Crippen LogP contribution in [0, 0.1) is 0 Å². The fourth-order valence-electron chi connectivity index (χ4n) is 2.94. The molecule has 2 rings (SSSR count). The van der Waals surface area contributed by atoms with E-state index in [4.69, 9.17) is 28.3 Å². The van der Waals surface area contributed by atoms with Crippen molar-refractivity contribution in [3.05, 3.63) is 40.0 Å². The summed E-state index contributed by atoms with van der Waals surface area (Å²) in [5.41, 5.74) is 0.881. The second-order valence-corrected chi connectivity index (χ2v) is 10.9. The van der Waals surface area contributed by atoms with Crippen molar-refractivity contribution in [2.75, 3.05) is 17.2 Å². The van der Waals surface area contributed by atoms with Crippen molar-refractivity contribution in [3.8, 4) is 0 Å². The monoisotopic (exact) mass is 481 g/mol. The number of urea groups is 1. The normalized spacial score (nSPS) is 12.1. The Hall–Kier alpha value is -2.25. The predicted molar refractivity (Wildman–Crippen MR) is 132 cm³/mol. The molecule has 176 valence electrons. The Morgan fingerprint density at radius 3 is 2.16 bits per heavy atom. The van der Waals surface area contributed by atoms with Gasteiger partial charge in [-0.15, -0.1) is 0 Å². The van der Waals surface area contributed by atoms with E-state index in [1.807, 2.05) is 40.7 Å². The minimum atomic E-state index is -0.409. The van der Waals surface area contributed by atoms with Gasteiger partial charge in [0.05, 0.1) is 21.3 Å². The third-order valence-corrected chi connectivity index (χ3v) is 5.49. The third kappa shape index (κ3) is 6.62. The van der Waals surface area contributed by atoms with Crippen molar-refractivity contribution in [2.45, 2.75) is 72.4 Å². The molecule has 0 fully saturated rings. The van der Waals surface area contributed by atoms with Gasteiger partial charge in [0.25, 0.3) is 0 Å². The predicted octanol–water partition coefficient (Wildman–Crippen LogP) is 6.12. The first-order valence-electron chi connectivity index (χ1n) is 10.5. The number of nitrogens with one attached hydrogen (secondary N) is 2. The van der Waals surface area contributed by atoms with E-state index < -0.39 is 6.03 Å². The number of hydrogen-bond donors (Lipinski definition) is 2. The van der Waals surface area contributed by atoms with Crippen LogP contribution in [0.2, 0.25) is 10.0 Å². The second-order valence-electron chi connectivity index (χ2n) is 10.1. The average Bonchev–Trinajstić information content (AvgIpc) is 3.07. The van der Waals surface area contributed by atoms with Crippen LogP contribution in [0.25, 0.3) is 0 Å². The van der Waals surface area contributed by atoms with Gasteiger partial charge in [0, 0.05) is 23.2 Å². The highest BCUT2D eigenvalue weighted by atomic mass is 35.5. The molecule has 0 aliphatic carbocycles. The molecular formula is C23H33Cl2N5O2. The largest absolute Gasteiger partial charge is 0.322 e. The Balaban J connectivity index is 2.19. The Bertz CT molecular complexity index is 987. The van der Waals surface area contributed by atoms with E-state index in [0.29, 0.717) is 21.6 Å². The van der Waals surface area contributed by atoms with Gasteiger partial charge in [-0.05, 0) is 52.8 Å². The molecule has 0 saturated heterocycles. The molecule has 3 amide bonds. The first-order chi connectivity index (χ1) is 14.6. The summed E-state index contributed by atoms with van der Waals surface area (Å²) in [7, 11) is 0. The smallest absolute Gasteiger partial charge is 0.313 e. The molecular weight excluding hydrogens is 449 g/mol. The fourth-order valence-corrected chi connectivity index (χ4v) is 3.24. The van der Waals surface area contributed by atoms with E-state index in [9.17, 15) is 9.59 Å². The van der Waals surface area contributed by atoms with Crippen LogP contribution in [0.4, 0.5) is 16.3 Å². The van der Waals surface area contributed by atoms with Gasteiger partial charge in [-0.25, -0.2) is 9.48 Å². The highest BCUT2D eigenvalue weighted by Crippen LogP contribution is 2.28. The summed E-state index contributed by atoms with van der Waals surface area (Å²) in [6.07, 6.45) is 0.